The monoisotopic (exact) mass is 196 g/mol. The predicted octanol–water partition coefficient (Wildman–Crippen LogP) is 0.888. The van der Waals surface area contributed by atoms with Crippen LogP contribution in [-0.2, 0) is 4.79 Å². The van der Waals surface area contributed by atoms with Crippen molar-refractivity contribution < 1.29 is 4.79 Å². The van der Waals surface area contributed by atoms with E-state index in [2.05, 4.69) is 11.2 Å². The second kappa shape index (κ2) is 5.02. The van der Waals surface area contributed by atoms with Crippen LogP contribution < -0.4 is 11.1 Å². The van der Waals surface area contributed by atoms with Crippen molar-refractivity contribution in [3.05, 3.63) is 0 Å². The average Bonchev–Trinajstić information content (AvgIpc) is 2.02. The van der Waals surface area contributed by atoms with Crippen LogP contribution in [0.25, 0.3) is 0 Å². The summed E-state index contributed by atoms with van der Waals surface area (Å²) < 4.78 is 0. The van der Waals surface area contributed by atoms with Crippen molar-refractivity contribution in [2.75, 3.05) is 0 Å². The zero-order valence-electron chi connectivity index (χ0n) is 9.42. The average molecular weight is 196 g/mol. The van der Waals surface area contributed by atoms with Crippen LogP contribution >= 0.6 is 0 Å². The Labute approximate surface area is 86.4 Å². The van der Waals surface area contributed by atoms with Gasteiger partial charge in [0.25, 0.3) is 0 Å². The molecule has 3 N–H and O–H groups in total. The van der Waals surface area contributed by atoms with Crippen LogP contribution in [0.2, 0.25) is 0 Å². The van der Waals surface area contributed by atoms with Gasteiger partial charge in [-0.15, -0.1) is 6.42 Å². The fraction of sp³-hybridized carbons (Fsp3) is 0.727. The van der Waals surface area contributed by atoms with E-state index in [4.69, 9.17) is 12.2 Å². The molecule has 0 aromatic carbocycles. The van der Waals surface area contributed by atoms with Gasteiger partial charge >= 0.3 is 0 Å². The third-order valence-corrected chi connectivity index (χ3v) is 2.15. The molecule has 0 aliphatic rings. The lowest BCUT2D eigenvalue weighted by Gasteiger charge is -2.26. The molecule has 80 valence electrons. The normalized spacial score (nSPS) is 15.4. The van der Waals surface area contributed by atoms with Gasteiger partial charge in [-0.2, -0.15) is 0 Å². The quantitative estimate of drug-likeness (QED) is 0.659. The lowest BCUT2D eigenvalue weighted by molar-refractivity contribution is -0.122. The molecule has 0 aromatic heterocycles. The number of amides is 1. The molecule has 3 heteroatoms. The SMILES string of the molecule is C#CC(C)NC(=O)CC(N)C(C)(C)C. The first kappa shape index (κ1) is 13.0. The van der Waals surface area contributed by atoms with E-state index in [9.17, 15) is 4.79 Å². The molecule has 2 unspecified atom stereocenters. The first-order chi connectivity index (χ1) is 6.27. The highest BCUT2D eigenvalue weighted by molar-refractivity contribution is 5.77. The number of nitrogens with two attached hydrogens (primary N) is 1. The molecular formula is C11H20N2O. The van der Waals surface area contributed by atoms with Crippen LogP contribution in [0.1, 0.15) is 34.1 Å². The molecular weight excluding hydrogens is 176 g/mol. The standard InChI is InChI=1S/C11H20N2O/c1-6-8(2)13-10(14)7-9(12)11(3,4)5/h1,8-9H,7,12H2,2-5H3,(H,13,14). The summed E-state index contributed by atoms with van der Waals surface area (Å²) in [5.41, 5.74) is 5.80. The Kier molecular flexibility index (Phi) is 4.65. The third kappa shape index (κ3) is 4.88. The van der Waals surface area contributed by atoms with Gasteiger partial charge in [0, 0.05) is 12.5 Å². The van der Waals surface area contributed by atoms with Gasteiger partial charge < -0.3 is 11.1 Å². The van der Waals surface area contributed by atoms with E-state index in [1.165, 1.54) is 0 Å². The van der Waals surface area contributed by atoms with Crippen LogP contribution in [0.15, 0.2) is 0 Å². The number of carbonyl (C=O) groups excluding carboxylic acids is 1. The Hall–Kier alpha value is -1.01. The van der Waals surface area contributed by atoms with Crippen molar-refractivity contribution in [3.8, 4) is 12.3 Å². The first-order valence-electron chi connectivity index (χ1n) is 4.78. The summed E-state index contributed by atoms with van der Waals surface area (Å²) in [7, 11) is 0. The van der Waals surface area contributed by atoms with Crippen molar-refractivity contribution >= 4 is 5.91 Å². The maximum atomic E-state index is 11.4. The van der Waals surface area contributed by atoms with Crippen molar-refractivity contribution in [3.63, 3.8) is 0 Å². The number of hydrogen-bond acceptors (Lipinski definition) is 2. The molecule has 0 aliphatic heterocycles. The van der Waals surface area contributed by atoms with Gasteiger partial charge in [-0.3, -0.25) is 4.79 Å². The highest BCUT2D eigenvalue weighted by atomic mass is 16.1. The van der Waals surface area contributed by atoms with E-state index < -0.39 is 0 Å². The molecule has 0 saturated carbocycles. The lowest BCUT2D eigenvalue weighted by Crippen LogP contribution is -2.41. The smallest absolute Gasteiger partial charge is 0.222 e. The van der Waals surface area contributed by atoms with Crippen LogP contribution in [0, 0.1) is 17.8 Å². The fourth-order valence-electron chi connectivity index (χ4n) is 0.848. The number of hydrogen-bond donors (Lipinski definition) is 2. The van der Waals surface area contributed by atoms with Crippen LogP contribution in [-0.4, -0.2) is 18.0 Å². The van der Waals surface area contributed by atoms with Crippen molar-refractivity contribution in [2.45, 2.75) is 46.2 Å². The molecule has 3 nitrogen and oxygen atoms in total. The summed E-state index contributed by atoms with van der Waals surface area (Å²) in [6.07, 6.45) is 5.46. The molecule has 1 amide bonds. The van der Waals surface area contributed by atoms with Crippen molar-refractivity contribution in [1.29, 1.82) is 0 Å². The molecule has 0 radical (unpaired) electrons. The Bertz CT molecular complexity index is 235. The molecule has 0 aliphatic carbocycles. The van der Waals surface area contributed by atoms with Gasteiger partial charge in [0.2, 0.25) is 5.91 Å². The zero-order chi connectivity index (χ0) is 11.4. The van der Waals surface area contributed by atoms with E-state index in [0.717, 1.165) is 0 Å². The maximum absolute atomic E-state index is 11.4. The topological polar surface area (TPSA) is 55.1 Å². The van der Waals surface area contributed by atoms with E-state index in [0.29, 0.717) is 6.42 Å². The number of rotatable bonds is 3. The van der Waals surface area contributed by atoms with Gasteiger partial charge in [0.15, 0.2) is 0 Å². The Morgan fingerprint density at radius 3 is 2.43 bits per heavy atom. The van der Waals surface area contributed by atoms with E-state index in [-0.39, 0.29) is 23.4 Å². The molecule has 0 bridgehead atoms. The number of terminal acetylenes is 1. The van der Waals surface area contributed by atoms with Gasteiger partial charge in [-0.05, 0) is 12.3 Å². The van der Waals surface area contributed by atoms with Gasteiger partial charge in [-0.25, -0.2) is 0 Å². The molecule has 0 heterocycles. The van der Waals surface area contributed by atoms with Gasteiger partial charge in [0.1, 0.15) is 0 Å². The summed E-state index contributed by atoms with van der Waals surface area (Å²) in [5.74, 6) is 2.35. The third-order valence-electron chi connectivity index (χ3n) is 2.15. The summed E-state index contributed by atoms with van der Waals surface area (Å²) in [5, 5.41) is 2.68. The van der Waals surface area contributed by atoms with Gasteiger partial charge in [0.05, 0.1) is 6.04 Å². The van der Waals surface area contributed by atoms with Crippen molar-refractivity contribution in [1.82, 2.24) is 5.32 Å². The van der Waals surface area contributed by atoms with Crippen molar-refractivity contribution in [2.24, 2.45) is 11.1 Å². The Morgan fingerprint density at radius 1 is 1.57 bits per heavy atom. The van der Waals surface area contributed by atoms with Crippen LogP contribution in [0.4, 0.5) is 0 Å². The molecule has 0 rings (SSSR count). The second-order valence-electron chi connectivity index (χ2n) is 4.63. The van der Waals surface area contributed by atoms with Crippen LogP contribution in [0.3, 0.4) is 0 Å². The molecule has 0 saturated heterocycles. The second-order valence-corrected chi connectivity index (χ2v) is 4.63. The highest BCUT2D eigenvalue weighted by Gasteiger charge is 2.23. The number of nitrogens with one attached hydrogen (secondary N) is 1. The minimum absolute atomic E-state index is 0.0588. The minimum Gasteiger partial charge on any atom is -0.343 e. The molecule has 0 spiro atoms. The molecule has 0 fully saturated rings. The summed E-state index contributed by atoms with van der Waals surface area (Å²) in [6.45, 7) is 7.79. The highest BCUT2D eigenvalue weighted by Crippen LogP contribution is 2.19. The first-order valence-corrected chi connectivity index (χ1v) is 4.78. The van der Waals surface area contributed by atoms with Gasteiger partial charge in [-0.1, -0.05) is 26.7 Å². The predicted molar refractivity (Wildman–Crippen MR) is 58.5 cm³/mol. The minimum atomic E-state index is -0.227. The van der Waals surface area contributed by atoms with Crippen LogP contribution in [0.5, 0.6) is 0 Å². The maximum Gasteiger partial charge on any atom is 0.222 e. The fourth-order valence-corrected chi connectivity index (χ4v) is 0.848. The Balaban J connectivity index is 4.03. The summed E-state index contributed by atoms with van der Waals surface area (Å²) in [6, 6.07) is -0.373. The Morgan fingerprint density at radius 2 is 2.07 bits per heavy atom. The molecule has 2 atom stereocenters. The zero-order valence-corrected chi connectivity index (χ0v) is 9.42. The largest absolute Gasteiger partial charge is 0.343 e. The number of carbonyl (C=O) groups is 1. The molecule has 0 aromatic rings. The van der Waals surface area contributed by atoms with E-state index in [1.54, 1.807) is 6.92 Å². The summed E-state index contributed by atoms with van der Waals surface area (Å²) >= 11 is 0. The molecule has 14 heavy (non-hydrogen) atoms. The lowest BCUT2D eigenvalue weighted by atomic mass is 9.85. The summed E-state index contributed by atoms with van der Waals surface area (Å²) in [4.78, 5) is 11.4. The van der Waals surface area contributed by atoms with E-state index in [1.807, 2.05) is 20.8 Å². The van der Waals surface area contributed by atoms with E-state index >= 15 is 0 Å².